The lowest BCUT2D eigenvalue weighted by Gasteiger charge is -2.38. The molecule has 2 amide bonds. The van der Waals surface area contributed by atoms with Crippen molar-refractivity contribution in [2.24, 2.45) is 0 Å². The van der Waals surface area contributed by atoms with Crippen LogP contribution in [-0.2, 0) is 16.1 Å². The quantitative estimate of drug-likeness (QED) is 0.476. The number of rotatable bonds is 5. The van der Waals surface area contributed by atoms with Crippen molar-refractivity contribution in [2.45, 2.75) is 38.9 Å². The van der Waals surface area contributed by atoms with Gasteiger partial charge in [-0.2, -0.15) is 0 Å². The van der Waals surface area contributed by atoms with Crippen LogP contribution in [0.5, 0.6) is 0 Å². The minimum absolute atomic E-state index is 0.0402. The maximum Gasteiger partial charge on any atom is 0.247 e. The molecule has 4 aromatic rings. The molecular formula is C27H26N4O2. The number of carbonyl (C=O) groups excluding carboxylic acids is 2. The van der Waals surface area contributed by atoms with Crippen LogP contribution >= 0.6 is 0 Å². The van der Waals surface area contributed by atoms with Gasteiger partial charge in [0.05, 0.1) is 23.5 Å². The van der Waals surface area contributed by atoms with Gasteiger partial charge in [-0.3, -0.25) is 9.59 Å². The molecule has 0 aliphatic carbocycles. The van der Waals surface area contributed by atoms with Crippen molar-refractivity contribution >= 4 is 28.5 Å². The van der Waals surface area contributed by atoms with E-state index in [0.29, 0.717) is 6.54 Å². The summed E-state index contributed by atoms with van der Waals surface area (Å²) in [5, 5.41) is 2.98. The fourth-order valence-electron chi connectivity index (χ4n) is 4.58. The summed E-state index contributed by atoms with van der Waals surface area (Å²) < 4.78 is 1.96. The highest BCUT2D eigenvalue weighted by Crippen LogP contribution is 2.37. The Kier molecular flexibility index (Phi) is 5.42. The van der Waals surface area contributed by atoms with Crippen LogP contribution in [0.1, 0.15) is 42.4 Å². The minimum Gasteiger partial charge on any atom is -0.327 e. The summed E-state index contributed by atoms with van der Waals surface area (Å²) in [5.41, 5.74) is 4.49. The normalized spacial score (nSPS) is 17.8. The van der Waals surface area contributed by atoms with Crippen LogP contribution in [0.4, 0.5) is 5.69 Å². The van der Waals surface area contributed by atoms with Gasteiger partial charge in [0.1, 0.15) is 11.9 Å². The fraction of sp³-hybridized carbons (Fsp3) is 0.222. The molecule has 3 aromatic carbocycles. The molecule has 33 heavy (non-hydrogen) atoms. The van der Waals surface area contributed by atoms with Gasteiger partial charge in [-0.15, -0.1) is 0 Å². The molecule has 0 saturated carbocycles. The molecule has 0 spiro atoms. The molecule has 2 heterocycles. The Bertz CT molecular complexity index is 1330. The van der Waals surface area contributed by atoms with Gasteiger partial charge in [0, 0.05) is 12.2 Å². The summed E-state index contributed by atoms with van der Waals surface area (Å²) in [6.45, 7) is 4.42. The summed E-state index contributed by atoms with van der Waals surface area (Å²) in [6, 6.07) is 24.5. The fourth-order valence-corrected chi connectivity index (χ4v) is 4.58. The predicted molar refractivity (Wildman–Crippen MR) is 129 cm³/mol. The molecule has 6 heteroatoms. The average molecular weight is 439 g/mol. The maximum absolute atomic E-state index is 13.8. The van der Waals surface area contributed by atoms with Gasteiger partial charge in [-0.1, -0.05) is 60.7 Å². The highest BCUT2D eigenvalue weighted by atomic mass is 16.2. The highest BCUT2D eigenvalue weighted by Gasteiger charge is 2.40. The van der Waals surface area contributed by atoms with Gasteiger partial charge in [-0.25, -0.2) is 4.98 Å². The van der Waals surface area contributed by atoms with E-state index in [-0.39, 0.29) is 24.3 Å². The number of aryl methyl sites for hydroxylation is 1. The lowest BCUT2D eigenvalue weighted by atomic mass is 10.0. The number of fused-ring (bicyclic) bond motifs is 3. The Balaban J connectivity index is 1.52. The van der Waals surface area contributed by atoms with E-state index in [0.717, 1.165) is 33.7 Å². The second-order valence-electron chi connectivity index (χ2n) is 8.54. The van der Waals surface area contributed by atoms with E-state index >= 15 is 0 Å². The number of anilines is 1. The molecule has 0 radical (unpaired) electrons. The van der Waals surface area contributed by atoms with Crippen molar-refractivity contribution in [1.82, 2.24) is 14.5 Å². The van der Waals surface area contributed by atoms with Crippen molar-refractivity contribution in [3.63, 3.8) is 0 Å². The van der Waals surface area contributed by atoms with E-state index < -0.39 is 6.04 Å². The van der Waals surface area contributed by atoms with Crippen LogP contribution in [0.3, 0.4) is 0 Å². The monoisotopic (exact) mass is 438 g/mol. The first-order valence-electron chi connectivity index (χ1n) is 11.2. The van der Waals surface area contributed by atoms with Gasteiger partial charge in [0.15, 0.2) is 0 Å². The Labute approximate surface area is 192 Å². The zero-order chi connectivity index (χ0) is 22.9. The topological polar surface area (TPSA) is 67.2 Å². The van der Waals surface area contributed by atoms with E-state index in [1.165, 1.54) is 0 Å². The van der Waals surface area contributed by atoms with E-state index in [1.54, 1.807) is 0 Å². The van der Waals surface area contributed by atoms with Gasteiger partial charge < -0.3 is 14.8 Å². The number of hydrogen-bond donors (Lipinski definition) is 1. The number of imidazole rings is 1. The highest BCUT2D eigenvalue weighted by molar-refractivity contribution is 5.96. The summed E-state index contributed by atoms with van der Waals surface area (Å²) in [6.07, 6.45) is 0.0402. The van der Waals surface area contributed by atoms with Gasteiger partial charge in [-0.05, 0) is 43.2 Å². The Morgan fingerprint density at radius 1 is 0.970 bits per heavy atom. The lowest BCUT2D eigenvalue weighted by molar-refractivity contribution is -0.142. The molecule has 6 nitrogen and oxygen atoms in total. The van der Waals surface area contributed by atoms with Crippen LogP contribution in [0.25, 0.3) is 11.0 Å². The third kappa shape index (κ3) is 3.89. The number of hydrogen-bond acceptors (Lipinski definition) is 3. The summed E-state index contributed by atoms with van der Waals surface area (Å²) in [5.74, 6) is 0.544. The first-order chi connectivity index (χ1) is 16.0. The van der Waals surface area contributed by atoms with Crippen molar-refractivity contribution in [3.05, 3.63) is 95.8 Å². The molecule has 0 saturated heterocycles. The first-order valence-corrected chi connectivity index (χ1v) is 11.2. The lowest BCUT2D eigenvalue weighted by Crippen LogP contribution is -2.45. The number of carbonyl (C=O) groups is 2. The van der Waals surface area contributed by atoms with E-state index in [4.69, 9.17) is 4.98 Å². The zero-order valence-electron chi connectivity index (χ0n) is 18.7. The standard InChI is InChI=1S/C27H26N4O2/c1-18-10-6-7-13-21(18)28-25(32)16-24-27(33)30(17-20-11-4-3-5-12-20)19(2)26-29-22-14-8-9-15-23(22)31(24)26/h3-15,19,24H,16-17H2,1-2H3,(H,28,32)/t19-,24-/m0/s1. The van der Waals surface area contributed by atoms with Crippen molar-refractivity contribution in [2.75, 3.05) is 5.32 Å². The second-order valence-corrected chi connectivity index (χ2v) is 8.54. The van der Waals surface area contributed by atoms with Gasteiger partial charge in [0.25, 0.3) is 0 Å². The van der Waals surface area contributed by atoms with Crippen LogP contribution in [0.15, 0.2) is 78.9 Å². The number of para-hydroxylation sites is 3. The van der Waals surface area contributed by atoms with Crippen LogP contribution in [0.2, 0.25) is 0 Å². The maximum atomic E-state index is 13.8. The predicted octanol–water partition coefficient (Wildman–Crippen LogP) is 5.02. The zero-order valence-corrected chi connectivity index (χ0v) is 18.7. The number of amides is 2. The van der Waals surface area contributed by atoms with Crippen LogP contribution in [-0.4, -0.2) is 26.3 Å². The number of aromatic nitrogens is 2. The molecule has 0 bridgehead atoms. The molecule has 0 unspecified atom stereocenters. The second kappa shape index (κ2) is 8.54. The molecule has 1 aromatic heterocycles. The molecule has 5 rings (SSSR count). The molecule has 0 fully saturated rings. The molecule has 1 aliphatic rings. The molecule has 2 atom stereocenters. The number of nitrogens with one attached hydrogen (secondary N) is 1. The summed E-state index contributed by atoms with van der Waals surface area (Å²) >= 11 is 0. The summed E-state index contributed by atoms with van der Waals surface area (Å²) in [4.78, 5) is 33.6. The average Bonchev–Trinajstić information content (AvgIpc) is 3.21. The molecular weight excluding hydrogens is 412 g/mol. The third-order valence-corrected chi connectivity index (χ3v) is 6.34. The van der Waals surface area contributed by atoms with Gasteiger partial charge >= 0.3 is 0 Å². The van der Waals surface area contributed by atoms with Crippen molar-refractivity contribution in [3.8, 4) is 0 Å². The first kappa shape index (κ1) is 20.9. The van der Waals surface area contributed by atoms with Crippen molar-refractivity contribution in [1.29, 1.82) is 0 Å². The van der Waals surface area contributed by atoms with E-state index in [2.05, 4.69) is 5.32 Å². The molecule has 1 aliphatic heterocycles. The third-order valence-electron chi connectivity index (χ3n) is 6.34. The molecule has 166 valence electrons. The van der Waals surface area contributed by atoms with Crippen LogP contribution < -0.4 is 5.32 Å². The molecule has 1 N–H and O–H groups in total. The number of nitrogens with zero attached hydrogens (tertiary/aromatic N) is 3. The summed E-state index contributed by atoms with van der Waals surface area (Å²) in [7, 11) is 0. The Hall–Kier alpha value is -3.93. The van der Waals surface area contributed by atoms with Crippen LogP contribution in [0, 0.1) is 6.92 Å². The Morgan fingerprint density at radius 2 is 1.67 bits per heavy atom. The number of benzene rings is 3. The van der Waals surface area contributed by atoms with E-state index in [1.807, 2.05) is 102 Å². The Morgan fingerprint density at radius 3 is 2.45 bits per heavy atom. The SMILES string of the molecule is Cc1ccccc1NC(=O)C[C@H]1C(=O)N(Cc2ccccc2)[C@@H](C)c2nc3ccccc3n21. The van der Waals surface area contributed by atoms with Crippen molar-refractivity contribution < 1.29 is 9.59 Å². The smallest absolute Gasteiger partial charge is 0.247 e. The largest absolute Gasteiger partial charge is 0.327 e. The minimum atomic E-state index is -0.656. The van der Waals surface area contributed by atoms with E-state index in [9.17, 15) is 9.59 Å². The van der Waals surface area contributed by atoms with Gasteiger partial charge in [0.2, 0.25) is 11.8 Å².